The van der Waals surface area contributed by atoms with Crippen molar-refractivity contribution in [2.24, 2.45) is 11.0 Å². The van der Waals surface area contributed by atoms with Gasteiger partial charge in [-0.2, -0.15) is 5.10 Å². The van der Waals surface area contributed by atoms with E-state index in [0.717, 1.165) is 35.5 Å². The molecule has 0 spiro atoms. The Kier molecular flexibility index (Phi) is 5.41. The molecule has 0 heterocycles. The second-order valence-corrected chi connectivity index (χ2v) is 6.85. The van der Waals surface area contributed by atoms with Gasteiger partial charge in [-0.05, 0) is 43.2 Å². The second-order valence-electron chi connectivity index (χ2n) is 6.41. The molecule has 0 atom stereocenters. The average Bonchev–Trinajstić information content (AvgIpc) is 2.63. The first kappa shape index (κ1) is 16.8. The van der Waals surface area contributed by atoms with E-state index in [4.69, 9.17) is 22.4 Å². The van der Waals surface area contributed by atoms with Gasteiger partial charge >= 0.3 is 0 Å². The van der Waals surface area contributed by atoms with E-state index < -0.39 is 0 Å². The number of nitrogen functional groups attached to an aromatic ring is 1. The van der Waals surface area contributed by atoms with Crippen LogP contribution in [-0.2, 0) is 0 Å². The number of rotatable bonds is 4. The molecule has 2 aromatic carbocycles. The van der Waals surface area contributed by atoms with Crippen molar-refractivity contribution < 1.29 is 0 Å². The monoisotopic (exact) mass is 341 g/mol. The van der Waals surface area contributed by atoms with Crippen molar-refractivity contribution in [3.8, 4) is 0 Å². The highest BCUT2D eigenvalue weighted by Gasteiger charge is 2.23. The zero-order chi connectivity index (χ0) is 16.9. The van der Waals surface area contributed by atoms with Crippen molar-refractivity contribution in [2.45, 2.75) is 32.1 Å². The van der Waals surface area contributed by atoms with E-state index in [2.05, 4.69) is 12.1 Å². The van der Waals surface area contributed by atoms with Crippen LogP contribution >= 0.6 is 11.6 Å². The van der Waals surface area contributed by atoms with E-state index in [1.807, 2.05) is 48.5 Å². The van der Waals surface area contributed by atoms with E-state index in [0.29, 0.717) is 10.9 Å². The molecule has 24 heavy (non-hydrogen) atoms. The first-order chi connectivity index (χ1) is 11.6. The maximum atomic E-state index is 6.25. The van der Waals surface area contributed by atoms with Crippen LogP contribution in [0.25, 0.3) is 0 Å². The molecule has 0 saturated heterocycles. The molecule has 1 aliphatic carbocycles. The Labute approximate surface area is 149 Å². The summed E-state index contributed by atoms with van der Waals surface area (Å²) in [5.74, 6) is 0.436. The highest BCUT2D eigenvalue weighted by Crippen LogP contribution is 2.31. The van der Waals surface area contributed by atoms with Crippen molar-refractivity contribution in [3.05, 3.63) is 59.1 Å². The minimum atomic E-state index is 0.436. The first-order valence-corrected chi connectivity index (χ1v) is 8.95. The molecule has 0 amide bonds. The predicted octanol–water partition coefficient (Wildman–Crippen LogP) is 5.34. The Morgan fingerprint density at radius 1 is 1.08 bits per heavy atom. The van der Waals surface area contributed by atoms with Gasteiger partial charge in [0.05, 0.1) is 11.4 Å². The normalized spacial score (nSPS) is 16.2. The Morgan fingerprint density at radius 3 is 2.50 bits per heavy atom. The smallest absolute Gasteiger partial charge is 0.0733 e. The van der Waals surface area contributed by atoms with Gasteiger partial charge in [-0.3, -0.25) is 5.01 Å². The number of halogens is 1. The summed E-state index contributed by atoms with van der Waals surface area (Å²) < 4.78 is 0. The Bertz CT molecular complexity index is 706. The summed E-state index contributed by atoms with van der Waals surface area (Å²) in [6.07, 6.45) is 6.13. The van der Waals surface area contributed by atoms with Crippen molar-refractivity contribution in [1.82, 2.24) is 0 Å². The van der Waals surface area contributed by atoms with E-state index in [1.165, 1.54) is 19.3 Å². The molecule has 2 N–H and O–H groups in total. The van der Waals surface area contributed by atoms with Gasteiger partial charge in [-0.15, -0.1) is 0 Å². The van der Waals surface area contributed by atoms with E-state index in [1.54, 1.807) is 0 Å². The van der Waals surface area contributed by atoms with Gasteiger partial charge in [0.25, 0.3) is 0 Å². The SMILES string of the molecule is CN(/N=C(/c1cc(Cl)ccc1N)C1CCCCC1)c1ccccc1. The fourth-order valence-corrected chi connectivity index (χ4v) is 3.52. The highest BCUT2D eigenvalue weighted by molar-refractivity contribution is 6.31. The third-order valence-electron chi connectivity index (χ3n) is 4.67. The summed E-state index contributed by atoms with van der Waals surface area (Å²) in [4.78, 5) is 0. The molecule has 126 valence electrons. The van der Waals surface area contributed by atoms with Crippen LogP contribution in [0.5, 0.6) is 0 Å². The number of nitrogens with two attached hydrogens (primary N) is 1. The van der Waals surface area contributed by atoms with Gasteiger partial charge in [0, 0.05) is 29.2 Å². The fourth-order valence-electron chi connectivity index (χ4n) is 3.34. The fraction of sp³-hybridized carbons (Fsp3) is 0.350. The van der Waals surface area contributed by atoms with E-state index in [9.17, 15) is 0 Å². The standard InChI is InChI=1S/C20H24ClN3/c1-24(17-10-6-3-7-11-17)23-20(15-8-4-2-5-9-15)18-14-16(21)12-13-19(18)22/h3,6-7,10-15H,2,4-5,8-9,22H2,1H3/b23-20+. The minimum Gasteiger partial charge on any atom is -0.398 e. The summed E-state index contributed by atoms with van der Waals surface area (Å²) in [5, 5.41) is 7.59. The van der Waals surface area contributed by atoms with Gasteiger partial charge < -0.3 is 5.73 Å². The third kappa shape index (κ3) is 3.90. The largest absolute Gasteiger partial charge is 0.398 e. The molecule has 1 aliphatic rings. The molecular formula is C20H24ClN3. The maximum Gasteiger partial charge on any atom is 0.0733 e. The van der Waals surface area contributed by atoms with E-state index >= 15 is 0 Å². The number of anilines is 2. The van der Waals surface area contributed by atoms with Crippen LogP contribution in [0.15, 0.2) is 53.6 Å². The molecule has 1 fully saturated rings. The van der Waals surface area contributed by atoms with Crippen LogP contribution in [0.2, 0.25) is 5.02 Å². The molecule has 0 radical (unpaired) electrons. The number of hydrazone groups is 1. The molecule has 0 aromatic heterocycles. The minimum absolute atomic E-state index is 0.436. The van der Waals surface area contributed by atoms with Crippen LogP contribution < -0.4 is 10.7 Å². The van der Waals surface area contributed by atoms with Crippen LogP contribution in [0, 0.1) is 5.92 Å². The van der Waals surface area contributed by atoms with Crippen molar-refractivity contribution in [2.75, 3.05) is 17.8 Å². The van der Waals surface area contributed by atoms with Gasteiger partial charge in [-0.1, -0.05) is 49.1 Å². The van der Waals surface area contributed by atoms with E-state index in [-0.39, 0.29) is 0 Å². The summed E-state index contributed by atoms with van der Waals surface area (Å²) in [5.41, 5.74) is 10.1. The molecule has 3 rings (SSSR count). The third-order valence-corrected chi connectivity index (χ3v) is 4.91. The number of hydrogen-bond acceptors (Lipinski definition) is 3. The predicted molar refractivity (Wildman–Crippen MR) is 104 cm³/mol. The highest BCUT2D eigenvalue weighted by atomic mass is 35.5. The summed E-state index contributed by atoms with van der Waals surface area (Å²) in [6, 6.07) is 15.8. The van der Waals surface area contributed by atoms with Crippen molar-refractivity contribution in [1.29, 1.82) is 0 Å². The Morgan fingerprint density at radius 2 is 1.79 bits per heavy atom. The lowest BCUT2D eigenvalue weighted by molar-refractivity contribution is 0.439. The van der Waals surface area contributed by atoms with Gasteiger partial charge in [0.15, 0.2) is 0 Å². The van der Waals surface area contributed by atoms with Gasteiger partial charge in [0.1, 0.15) is 0 Å². The van der Waals surface area contributed by atoms with Gasteiger partial charge in [-0.25, -0.2) is 0 Å². The van der Waals surface area contributed by atoms with Crippen molar-refractivity contribution in [3.63, 3.8) is 0 Å². The van der Waals surface area contributed by atoms with Crippen LogP contribution in [0.4, 0.5) is 11.4 Å². The number of para-hydroxylation sites is 1. The maximum absolute atomic E-state index is 6.25. The number of benzene rings is 2. The Balaban J connectivity index is 2.01. The molecular weight excluding hydrogens is 318 g/mol. The summed E-state index contributed by atoms with van der Waals surface area (Å²) in [7, 11) is 1.99. The quantitative estimate of drug-likeness (QED) is 0.463. The topological polar surface area (TPSA) is 41.6 Å². The molecule has 0 unspecified atom stereocenters. The first-order valence-electron chi connectivity index (χ1n) is 8.58. The number of hydrogen-bond donors (Lipinski definition) is 1. The Hall–Kier alpha value is -2.00. The molecule has 2 aromatic rings. The number of nitrogens with zero attached hydrogens (tertiary/aromatic N) is 2. The summed E-state index contributed by atoms with van der Waals surface area (Å²) in [6.45, 7) is 0. The molecule has 3 nitrogen and oxygen atoms in total. The lowest BCUT2D eigenvalue weighted by Crippen LogP contribution is -2.24. The summed E-state index contributed by atoms with van der Waals surface area (Å²) >= 11 is 6.23. The molecule has 0 bridgehead atoms. The molecule has 0 aliphatic heterocycles. The van der Waals surface area contributed by atoms with Crippen LogP contribution in [-0.4, -0.2) is 12.8 Å². The van der Waals surface area contributed by atoms with Crippen LogP contribution in [0.3, 0.4) is 0 Å². The zero-order valence-electron chi connectivity index (χ0n) is 14.1. The zero-order valence-corrected chi connectivity index (χ0v) is 14.8. The lowest BCUT2D eigenvalue weighted by Gasteiger charge is -2.26. The van der Waals surface area contributed by atoms with Gasteiger partial charge in [0.2, 0.25) is 0 Å². The lowest BCUT2D eigenvalue weighted by atomic mass is 9.83. The van der Waals surface area contributed by atoms with Crippen molar-refractivity contribution >= 4 is 28.7 Å². The second kappa shape index (κ2) is 7.71. The molecule has 4 heteroatoms. The molecule has 1 saturated carbocycles. The average molecular weight is 342 g/mol. The van der Waals surface area contributed by atoms with Crippen LogP contribution in [0.1, 0.15) is 37.7 Å².